The molecule has 1 fully saturated rings. The number of fused-ring (bicyclic) bond motifs is 1. The second-order valence-corrected chi connectivity index (χ2v) is 5.22. The Kier molecular flexibility index (Phi) is 2.52. The van der Waals surface area contributed by atoms with Gasteiger partial charge in [0.15, 0.2) is 0 Å². The molecule has 1 saturated carbocycles. The minimum Gasteiger partial charge on any atom is -0.384 e. The van der Waals surface area contributed by atoms with Crippen LogP contribution in [0.2, 0.25) is 0 Å². The molecule has 0 saturated heterocycles. The van der Waals surface area contributed by atoms with E-state index in [1.807, 2.05) is 30.3 Å². The molecule has 1 N–H and O–H groups in total. The lowest BCUT2D eigenvalue weighted by Gasteiger charge is -2.25. The van der Waals surface area contributed by atoms with Crippen LogP contribution in [0.15, 0.2) is 35.1 Å². The smallest absolute Gasteiger partial charge is 0.258 e. The van der Waals surface area contributed by atoms with Gasteiger partial charge >= 0.3 is 0 Å². The summed E-state index contributed by atoms with van der Waals surface area (Å²) in [4.78, 5) is 12.3. The number of pyridine rings is 1. The van der Waals surface area contributed by atoms with Gasteiger partial charge in [-0.2, -0.15) is 0 Å². The highest BCUT2D eigenvalue weighted by Gasteiger charge is 2.35. The van der Waals surface area contributed by atoms with Gasteiger partial charge < -0.3 is 9.67 Å². The van der Waals surface area contributed by atoms with E-state index in [-0.39, 0.29) is 5.56 Å². The maximum atomic E-state index is 12.3. The van der Waals surface area contributed by atoms with Crippen molar-refractivity contribution < 1.29 is 5.11 Å². The molecule has 3 heteroatoms. The second kappa shape index (κ2) is 3.95. The molecule has 0 radical (unpaired) electrons. The summed E-state index contributed by atoms with van der Waals surface area (Å²) in [5, 5.41) is 12.3. The lowest BCUT2D eigenvalue weighted by molar-refractivity contribution is 0.0363. The van der Waals surface area contributed by atoms with Crippen molar-refractivity contribution >= 4 is 10.8 Å². The molecule has 0 unspecified atom stereocenters. The Morgan fingerprint density at radius 3 is 2.61 bits per heavy atom. The fourth-order valence-corrected chi connectivity index (χ4v) is 3.01. The Bertz CT molecular complexity index is 651. The van der Waals surface area contributed by atoms with Crippen molar-refractivity contribution in [1.82, 2.24) is 4.57 Å². The molecule has 0 atom stereocenters. The molecule has 1 aliphatic carbocycles. The van der Waals surface area contributed by atoms with Crippen LogP contribution in [0.25, 0.3) is 10.8 Å². The number of hydrogen-bond acceptors (Lipinski definition) is 2. The van der Waals surface area contributed by atoms with Crippen LogP contribution in [-0.4, -0.2) is 9.67 Å². The average Bonchev–Trinajstić information content (AvgIpc) is 2.82. The summed E-state index contributed by atoms with van der Waals surface area (Å²) in [5.41, 5.74) is -0.0927. The normalized spacial score (nSPS) is 18.3. The Balaban J connectivity index is 2.30. The minimum absolute atomic E-state index is 0.0246. The van der Waals surface area contributed by atoms with Gasteiger partial charge in [0.05, 0.1) is 5.69 Å². The highest BCUT2D eigenvalue weighted by Crippen LogP contribution is 2.38. The van der Waals surface area contributed by atoms with E-state index in [9.17, 15) is 9.90 Å². The number of benzene rings is 1. The van der Waals surface area contributed by atoms with Crippen LogP contribution in [0.4, 0.5) is 0 Å². The van der Waals surface area contributed by atoms with E-state index in [4.69, 9.17) is 0 Å². The second-order valence-electron chi connectivity index (χ2n) is 5.22. The zero-order valence-corrected chi connectivity index (χ0v) is 10.5. The maximum Gasteiger partial charge on any atom is 0.258 e. The third kappa shape index (κ3) is 1.58. The summed E-state index contributed by atoms with van der Waals surface area (Å²) in [6.45, 7) is 0. The van der Waals surface area contributed by atoms with Crippen molar-refractivity contribution in [1.29, 1.82) is 0 Å². The van der Waals surface area contributed by atoms with Gasteiger partial charge in [-0.25, -0.2) is 0 Å². The van der Waals surface area contributed by atoms with Crippen LogP contribution >= 0.6 is 0 Å². The van der Waals surface area contributed by atoms with Gasteiger partial charge in [0.25, 0.3) is 5.56 Å². The maximum absolute atomic E-state index is 12.3. The molecule has 94 valence electrons. The van der Waals surface area contributed by atoms with Crippen molar-refractivity contribution in [2.45, 2.75) is 31.3 Å². The Morgan fingerprint density at radius 1 is 1.22 bits per heavy atom. The van der Waals surface area contributed by atoms with E-state index in [0.29, 0.717) is 5.39 Å². The van der Waals surface area contributed by atoms with Crippen LogP contribution in [0, 0.1) is 0 Å². The molecule has 1 aromatic heterocycles. The van der Waals surface area contributed by atoms with Crippen LogP contribution in [0.5, 0.6) is 0 Å². The molecule has 1 heterocycles. The molecular weight excluding hydrogens is 226 g/mol. The molecule has 0 aliphatic heterocycles. The van der Waals surface area contributed by atoms with Crippen LogP contribution < -0.4 is 5.56 Å². The van der Waals surface area contributed by atoms with E-state index in [1.165, 1.54) is 0 Å². The van der Waals surface area contributed by atoms with E-state index in [2.05, 4.69) is 0 Å². The van der Waals surface area contributed by atoms with Gasteiger partial charge in [0.2, 0.25) is 0 Å². The zero-order valence-electron chi connectivity index (χ0n) is 10.5. The summed E-state index contributed by atoms with van der Waals surface area (Å²) >= 11 is 0. The van der Waals surface area contributed by atoms with Gasteiger partial charge in [-0.15, -0.1) is 0 Å². The number of rotatable bonds is 1. The summed E-state index contributed by atoms with van der Waals surface area (Å²) < 4.78 is 1.60. The first-order chi connectivity index (χ1) is 8.62. The molecule has 3 rings (SSSR count). The van der Waals surface area contributed by atoms with Crippen molar-refractivity contribution in [2.24, 2.45) is 7.05 Å². The van der Waals surface area contributed by atoms with Crippen molar-refractivity contribution in [3.63, 3.8) is 0 Å². The quantitative estimate of drug-likeness (QED) is 0.835. The van der Waals surface area contributed by atoms with Crippen LogP contribution in [0.1, 0.15) is 31.4 Å². The lowest BCUT2D eigenvalue weighted by atomic mass is 9.95. The largest absolute Gasteiger partial charge is 0.384 e. The summed E-state index contributed by atoms with van der Waals surface area (Å²) in [5.74, 6) is 0. The number of aliphatic hydroxyl groups is 1. The van der Waals surface area contributed by atoms with Crippen LogP contribution in [-0.2, 0) is 12.6 Å². The molecular formula is C15H17NO2. The first-order valence-corrected chi connectivity index (χ1v) is 6.43. The van der Waals surface area contributed by atoms with Gasteiger partial charge in [0.1, 0.15) is 5.60 Å². The predicted octanol–water partition coefficient (Wildman–Crippen LogP) is 2.30. The highest BCUT2D eigenvalue weighted by molar-refractivity contribution is 5.82. The fourth-order valence-electron chi connectivity index (χ4n) is 3.01. The highest BCUT2D eigenvalue weighted by atomic mass is 16.3. The van der Waals surface area contributed by atoms with Crippen molar-refractivity contribution in [2.75, 3.05) is 0 Å². The molecule has 3 nitrogen and oxygen atoms in total. The summed E-state index contributed by atoms with van der Waals surface area (Å²) in [6.07, 6.45) is 3.55. The number of aromatic nitrogens is 1. The van der Waals surface area contributed by atoms with E-state index in [1.54, 1.807) is 11.6 Å². The van der Waals surface area contributed by atoms with E-state index in [0.717, 1.165) is 36.8 Å². The van der Waals surface area contributed by atoms with Crippen molar-refractivity contribution in [3.8, 4) is 0 Å². The fraction of sp³-hybridized carbons (Fsp3) is 0.400. The van der Waals surface area contributed by atoms with E-state index < -0.39 is 5.60 Å². The third-order valence-electron chi connectivity index (χ3n) is 4.06. The Hall–Kier alpha value is -1.61. The number of nitrogens with zero attached hydrogens (tertiary/aromatic N) is 1. The standard InChI is InChI=1S/C15H17NO2/c1-16-13(15(18)8-4-5-9-15)10-11-6-2-3-7-12(11)14(16)17/h2-3,6-7,10,18H,4-5,8-9H2,1H3. The summed E-state index contributed by atoms with van der Waals surface area (Å²) in [6, 6.07) is 9.51. The van der Waals surface area contributed by atoms with E-state index >= 15 is 0 Å². The number of hydrogen-bond donors (Lipinski definition) is 1. The van der Waals surface area contributed by atoms with Gasteiger partial charge in [-0.1, -0.05) is 31.0 Å². The summed E-state index contributed by atoms with van der Waals surface area (Å²) in [7, 11) is 1.75. The Morgan fingerprint density at radius 2 is 1.89 bits per heavy atom. The molecule has 0 amide bonds. The molecule has 1 aliphatic rings. The third-order valence-corrected chi connectivity index (χ3v) is 4.06. The Labute approximate surface area is 106 Å². The molecule has 2 aromatic rings. The first kappa shape index (κ1) is 11.5. The molecule has 0 bridgehead atoms. The topological polar surface area (TPSA) is 42.2 Å². The predicted molar refractivity (Wildman–Crippen MR) is 71.6 cm³/mol. The molecule has 18 heavy (non-hydrogen) atoms. The average molecular weight is 243 g/mol. The molecule has 0 spiro atoms. The van der Waals surface area contributed by atoms with Gasteiger partial charge in [-0.05, 0) is 30.4 Å². The first-order valence-electron chi connectivity index (χ1n) is 6.43. The van der Waals surface area contributed by atoms with Gasteiger partial charge in [-0.3, -0.25) is 4.79 Å². The lowest BCUT2D eigenvalue weighted by Crippen LogP contribution is -2.31. The van der Waals surface area contributed by atoms with Gasteiger partial charge in [0, 0.05) is 12.4 Å². The van der Waals surface area contributed by atoms with Crippen LogP contribution in [0.3, 0.4) is 0 Å². The zero-order chi connectivity index (χ0) is 12.8. The minimum atomic E-state index is -0.821. The molecule has 1 aromatic carbocycles. The van der Waals surface area contributed by atoms with Crippen molar-refractivity contribution in [3.05, 3.63) is 46.4 Å². The monoisotopic (exact) mass is 243 g/mol. The SMILES string of the molecule is Cn1c(C2(O)CCCC2)cc2ccccc2c1=O.